The molecule has 2 aromatic rings. The van der Waals surface area contributed by atoms with E-state index in [1.54, 1.807) is 11.3 Å². The molecular formula is C14H16N4O2. The lowest BCUT2D eigenvalue weighted by atomic mass is 10.2. The first-order valence-corrected chi connectivity index (χ1v) is 6.60. The van der Waals surface area contributed by atoms with Crippen molar-refractivity contribution in [3.8, 4) is 0 Å². The van der Waals surface area contributed by atoms with Gasteiger partial charge in [-0.25, -0.2) is 4.98 Å². The van der Waals surface area contributed by atoms with Crippen molar-refractivity contribution >= 4 is 17.5 Å². The van der Waals surface area contributed by atoms with E-state index in [4.69, 9.17) is 0 Å². The molecule has 0 spiro atoms. The number of nitrogens with one attached hydrogen (secondary N) is 2. The molecule has 0 bridgehead atoms. The van der Waals surface area contributed by atoms with Crippen LogP contribution in [0.2, 0.25) is 0 Å². The standard InChI is InChI=1S/C14H16N4O2/c1-8-4-6-18-11(7-8)16-9(2)12(18)14(20)17-10-3-5-15-13(10)19/h4,6-7,10H,3,5H2,1-2H3,(H,15,19)(H,17,20). The highest BCUT2D eigenvalue weighted by Gasteiger charge is 2.27. The first kappa shape index (κ1) is 12.7. The Morgan fingerprint density at radius 3 is 3.00 bits per heavy atom. The molecule has 20 heavy (non-hydrogen) atoms. The average Bonchev–Trinajstić information content (AvgIpc) is 2.92. The largest absolute Gasteiger partial charge is 0.354 e. The molecular weight excluding hydrogens is 256 g/mol. The zero-order valence-electron chi connectivity index (χ0n) is 11.4. The summed E-state index contributed by atoms with van der Waals surface area (Å²) in [6.45, 7) is 4.38. The summed E-state index contributed by atoms with van der Waals surface area (Å²) in [5.41, 5.74) is 2.97. The summed E-state index contributed by atoms with van der Waals surface area (Å²) in [6, 6.07) is 3.40. The molecule has 0 aliphatic carbocycles. The van der Waals surface area contributed by atoms with Crippen molar-refractivity contribution in [2.24, 2.45) is 0 Å². The van der Waals surface area contributed by atoms with Gasteiger partial charge in [0.25, 0.3) is 5.91 Å². The lowest BCUT2D eigenvalue weighted by molar-refractivity contribution is -0.120. The van der Waals surface area contributed by atoms with Gasteiger partial charge in [-0.3, -0.25) is 14.0 Å². The van der Waals surface area contributed by atoms with Crippen molar-refractivity contribution in [2.75, 3.05) is 6.54 Å². The van der Waals surface area contributed by atoms with Crippen LogP contribution in [0.25, 0.3) is 5.65 Å². The van der Waals surface area contributed by atoms with E-state index in [0.717, 1.165) is 11.2 Å². The molecule has 2 N–H and O–H groups in total. The van der Waals surface area contributed by atoms with Crippen LogP contribution in [0.1, 0.15) is 28.2 Å². The van der Waals surface area contributed by atoms with Crippen molar-refractivity contribution in [1.82, 2.24) is 20.0 Å². The molecule has 1 saturated heterocycles. The Bertz CT molecular complexity index is 705. The van der Waals surface area contributed by atoms with E-state index in [9.17, 15) is 9.59 Å². The molecule has 0 aromatic carbocycles. The highest BCUT2D eigenvalue weighted by atomic mass is 16.2. The van der Waals surface area contributed by atoms with Crippen molar-refractivity contribution in [2.45, 2.75) is 26.3 Å². The SMILES string of the molecule is Cc1ccn2c(C(=O)NC3CCNC3=O)c(C)nc2c1. The summed E-state index contributed by atoms with van der Waals surface area (Å²) >= 11 is 0. The first-order valence-electron chi connectivity index (χ1n) is 6.60. The molecule has 6 heteroatoms. The predicted octanol–water partition coefficient (Wildman–Crippen LogP) is 0.569. The summed E-state index contributed by atoms with van der Waals surface area (Å²) in [4.78, 5) is 28.3. The second-order valence-corrected chi connectivity index (χ2v) is 5.08. The van der Waals surface area contributed by atoms with Crippen molar-refractivity contribution < 1.29 is 9.59 Å². The first-order chi connectivity index (χ1) is 9.56. The average molecular weight is 272 g/mol. The number of carbonyl (C=O) groups excluding carboxylic acids is 2. The number of imidazole rings is 1. The van der Waals surface area contributed by atoms with Gasteiger partial charge in [0.1, 0.15) is 17.4 Å². The van der Waals surface area contributed by atoms with Crippen LogP contribution < -0.4 is 10.6 Å². The Kier molecular flexibility index (Phi) is 2.93. The minimum absolute atomic E-state index is 0.124. The number of nitrogens with zero attached hydrogens (tertiary/aromatic N) is 2. The third-order valence-electron chi connectivity index (χ3n) is 3.53. The fraction of sp³-hybridized carbons (Fsp3) is 0.357. The number of pyridine rings is 1. The minimum atomic E-state index is -0.446. The summed E-state index contributed by atoms with van der Waals surface area (Å²) in [6.07, 6.45) is 2.45. The van der Waals surface area contributed by atoms with Gasteiger partial charge in [0, 0.05) is 12.7 Å². The van der Waals surface area contributed by atoms with Gasteiger partial charge in [-0.2, -0.15) is 0 Å². The Hall–Kier alpha value is -2.37. The Balaban J connectivity index is 1.95. The topological polar surface area (TPSA) is 75.5 Å². The van der Waals surface area contributed by atoms with Gasteiger partial charge in [-0.05, 0) is 38.0 Å². The van der Waals surface area contributed by atoms with E-state index >= 15 is 0 Å². The number of fused-ring (bicyclic) bond motifs is 1. The van der Waals surface area contributed by atoms with Crippen molar-refractivity contribution in [3.05, 3.63) is 35.3 Å². The molecule has 6 nitrogen and oxygen atoms in total. The molecule has 104 valence electrons. The fourth-order valence-corrected chi connectivity index (χ4v) is 2.50. The number of hydrogen-bond acceptors (Lipinski definition) is 3. The number of aryl methyl sites for hydroxylation is 2. The van der Waals surface area contributed by atoms with Crippen LogP contribution >= 0.6 is 0 Å². The zero-order valence-corrected chi connectivity index (χ0v) is 11.4. The zero-order chi connectivity index (χ0) is 14.3. The Labute approximate surface area is 116 Å². The molecule has 0 radical (unpaired) electrons. The van der Waals surface area contributed by atoms with Crippen molar-refractivity contribution in [3.63, 3.8) is 0 Å². The van der Waals surface area contributed by atoms with E-state index in [0.29, 0.717) is 24.4 Å². The predicted molar refractivity (Wildman–Crippen MR) is 73.5 cm³/mol. The molecule has 2 amide bonds. The molecule has 0 saturated carbocycles. The third kappa shape index (κ3) is 2.03. The summed E-state index contributed by atoms with van der Waals surface area (Å²) < 4.78 is 1.75. The normalized spacial score (nSPS) is 18.3. The molecule has 2 aromatic heterocycles. The van der Waals surface area contributed by atoms with E-state index in [1.807, 2.05) is 25.3 Å². The van der Waals surface area contributed by atoms with Crippen LogP contribution in [0.4, 0.5) is 0 Å². The number of aromatic nitrogens is 2. The number of amides is 2. The van der Waals surface area contributed by atoms with Gasteiger partial charge in [-0.15, -0.1) is 0 Å². The van der Waals surface area contributed by atoms with E-state index in [2.05, 4.69) is 15.6 Å². The molecule has 3 heterocycles. The summed E-state index contributed by atoms with van der Waals surface area (Å²) in [5, 5.41) is 5.47. The smallest absolute Gasteiger partial charge is 0.270 e. The van der Waals surface area contributed by atoms with E-state index in [1.165, 1.54) is 0 Å². The summed E-state index contributed by atoms with van der Waals surface area (Å²) in [7, 11) is 0. The van der Waals surface area contributed by atoms with Gasteiger partial charge in [-0.1, -0.05) is 0 Å². The quantitative estimate of drug-likeness (QED) is 0.839. The van der Waals surface area contributed by atoms with E-state index in [-0.39, 0.29) is 11.8 Å². The van der Waals surface area contributed by atoms with Crippen molar-refractivity contribution in [1.29, 1.82) is 0 Å². The van der Waals surface area contributed by atoms with Gasteiger partial charge < -0.3 is 10.6 Å². The maximum Gasteiger partial charge on any atom is 0.270 e. The Morgan fingerprint density at radius 1 is 1.50 bits per heavy atom. The van der Waals surface area contributed by atoms with Gasteiger partial charge in [0.05, 0.1) is 5.69 Å². The third-order valence-corrected chi connectivity index (χ3v) is 3.53. The minimum Gasteiger partial charge on any atom is -0.354 e. The molecule has 1 aliphatic rings. The number of rotatable bonds is 2. The van der Waals surface area contributed by atoms with Crippen LogP contribution in [-0.2, 0) is 4.79 Å². The highest BCUT2D eigenvalue weighted by molar-refractivity contribution is 5.98. The van der Waals surface area contributed by atoms with Crippen LogP contribution in [0, 0.1) is 13.8 Å². The highest BCUT2D eigenvalue weighted by Crippen LogP contribution is 2.14. The van der Waals surface area contributed by atoms with E-state index < -0.39 is 6.04 Å². The maximum absolute atomic E-state index is 12.4. The molecule has 1 aliphatic heterocycles. The van der Waals surface area contributed by atoms with Gasteiger partial charge in [0.15, 0.2) is 0 Å². The monoisotopic (exact) mass is 272 g/mol. The number of hydrogen-bond donors (Lipinski definition) is 2. The van der Waals surface area contributed by atoms with Gasteiger partial charge in [0.2, 0.25) is 5.91 Å². The maximum atomic E-state index is 12.4. The lowest BCUT2D eigenvalue weighted by Gasteiger charge is -2.10. The lowest BCUT2D eigenvalue weighted by Crippen LogP contribution is -2.40. The number of carbonyl (C=O) groups is 2. The Morgan fingerprint density at radius 2 is 2.30 bits per heavy atom. The van der Waals surface area contributed by atoms with Crippen LogP contribution in [0.3, 0.4) is 0 Å². The molecule has 1 fully saturated rings. The second-order valence-electron chi connectivity index (χ2n) is 5.08. The van der Waals surface area contributed by atoms with Crippen LogP contribution in [0.5, 0.6) is 0 Å². The molecule has 1 atom stereocenters. The molecule has 1 unspecified atom stereocenters. The second kappa shape index (κ2) is 4.63. The molecule has 3 rings (SSSR count). The van der Waals surface area contributed by atoms with Crippen LogP contribution in [-0.4, -0.2) is 33.8 Å². The van der Waals surface area contributed by atoms with Crippen LogP contribution in [0.15, 0.2) is 18.3 Å². The fourth-order valence-electron chi connectivity index (χ4n) is 2.50. The van der Waals surface area contributed by atoms with Gasteiger partial charge >= 0.3 is 0 Å². The summed E-state index contributed by atoms with van der Waals surface area (Å²) in [5.74, 6) is -0.387.